The number of nitrogens with one attached hydrogen (secondary N) is 1. The van der Waals surface area contributed by atoms with E-state index in [0.29, 0.717) is 24.3 Å². The fourth-order valence-electron chi connectivity index (χ4n) is 4.00. The van der Waals surface area contributed by atoms with E-state index in [4.69, 9.17) is 4.74 Å². The molecule has 0 aromatic heterocycles. The van der Waals surface area contributed by atoms with Crippen LogP contribution in [0, 0.1) is 6.92 Å². The van der Waals surface area contributed by atoms with Gasteiger partial charge in [-0.3, -0.25) is 9.59 Å². The van der Waals surface area contributed by atoms with Crippen molar-refractivity contribution >= 4 is 35.0 Å². The Morgan fingerprint density at radius 2 is 1.65 bits per heavy atom. The van der Waals surface area contributed by atoms with Gasteiger partial charge in [0.15, 0.2) is 0 Å². The zero-order valence-corrected chi connectivity index (χ0v) is 20.5. The van der Waals surface area contributed by atoms with E-state index in [9.17, 15) is 9.59 Å². The monoisotopic (exact) mass is 475 g/mol. The summed E-state index contributed by atoms with van der Waals surface area (Å²) in [5, 5.41) is 2.89. The van der Waals surface area contributed by atoms with Crippen molar-refractivity contribution in [3.63, 3.8) is 0 Å². The van der Waals surface area contributed by atoms with E-state index >= 15 is 0 Å². The number of nitrogens with zero attached hydrogens (tertiary/aromatic N) is 2. The van der Waals surface area contributed by atoms with Crippen molar-refractivity contribution in [1.29, 1.82) is 0 Å². The molecule has 1 aliphatic heterocycles. The van der Waals surface area contributed by atoms with Crippen LogP contribution in [-0.2, 0) is 4.79 Å². The quantitative estimate of drug-likeness (QED) is 0.539. The van der Waals surface area contributed by atoms with Gasteiger partial charge in [-0.15, -0.1) is 0 Å². The number of methoxy groups -OCH3 is 1. The highest BCUT2D eigenvalue weighted by atomic mass is 32.2. The number of carbonyl (C=O) groups excluding carboxylic acids is 2. The van der Waals surface area contributed by atoms with Crippen molar-refractivity contribution in [1.82, 2.24) is 4.90 Å². The maximum atomic E-state index is 13.3. The third-order valence-corrected chi connectivity index (χ3v) is 6.86. The second-order valence-electron chi connectivity index (χ2n) is 8.26. The van der Waals surface area contributed by atoms with Gasteiger partial charge in [-0.2, -0.15) is 0 Å². The van der Waals surface area contributed by atoms with Crippen LogP contribution in [0.4, 0.5) is 11.4 Å². The minimum atomic E-state index is -0.166. The number of carbonyl (C=O) groups is 2. The minimum Gasteiger partial charge on any atom is -0.495 e. The number of aryl methyl sites for hydroxylation is 1. The molecule has 1 aliphatic rings. The second kappa shape index (κ2) is 10.7. The summed E-state index contributed by atoms with van der Waals surface area (Å²) < 4.78 is 5.49. The summed E-state index contributed by atoms with van der Waals surface area (Å²) in [6.07, 6.45) is 0. The standard InChI is InChI=1S/C27H29N3O3S/c1-19-8-11-22(12-9-19)34-26-13-10-21(18-23(26)28-20(2)31)27(32)30-16-14-29(15-17-30)24-6-4-5-7-25(24)33-3/h4-13,18H,14-17H2,1-3H3,(H,28,31). The maximum Gasteiger partial charge on any atom is 0.254 e. The van der Waals surface area contributed by atoms with Gasteiger partial charge in [0.05, 0.1) is 18.5 Å². The number of benzene rings is 3. The van der Waals surface area contributed by atoms with Crippen molar-refractivity contribution in [2.24, 2.45) is 0 Å². The number of hydrogen-bond donors (Lipinski definition) is 1. The smallest absolute Gasteiger partial charge is 0.254 e. The minimum absolute atomic E-state index is 0.0295. The lowest BCUT2D eigenvalue weighted by molar-refractivity contribution is -0.114. The second-order valence-corrected chi connectivity index (χ2v) is 9.37. The molecule has 3 aromatic carbocycles. The zero-order valence-electron chi connectivity index (χ0n) is 19.7. The molecule has 2 amide bonds. The third kappa shape index (κ3) is 5.54. The molecule has 6 nitrogen and oxygen atoms in total. The van der Waals surface area contributed by atoms with Crippen molar-refractivity contribution in [2.75, 3.05) is 43.5 Å². The van der Waals surface area contributed by atoms with E-state index < -0.39 is 0 Å². The molecule has 0 atom stereocenters. The van der Waals surface area contributed by atoms with E-state index in [1.165, 1.54) is 12.5 Å². The van der Waals surface area contributed by atoms with Gasteiger partial charge >= 0.3 is 0 Å². The normalized spacial score (nSPS) is 13.5. The molecule has 0 bridgehead atoms. The number of rotatable bonds is 6. The number of anilines is 2. The first kappa shape index (κ1) is 23.7. The molecule has 3 aromatic rings. The molecule has 4 rings (SSSR count). The largest absolute Gasteiger partial charge is 0.495 e. The van der Waals surface area contributed by atoms with Gasteiger partial charge < -0.3 is 19.9 Å². The van der Waals surface area contributed by atoms with E-state index in [0.717, 1.165) is 34.3 Å². The molecule has 176 valence electrons. The topological polar surface area (TPSA) is 61.9 Å². The van der Waals surface area contributed by atoms with Crippen LogP contribution in [0.5, 0.6) is 5.75 Å². The summed E-state index contributed by atoms with van der Waals surface area (Å²) in [6.45, 7) is 6.22. The lowest BCUT2D eigenvalue weighted by Crippen LogP contribution is -2.48. The van der Waals surface area contributed by atoms with Crippen molar-refractivity contribution < 1.29 is 14.3 Å². The molecule has 1 N–H and O–H groups in total. The Bertz CT molecular complexity index is 1170. The van der Waals surface area contributed by atoms with Gasteiger partial charge in [0.1, 0.15) is 5.75 Å². The van der Waals surface area contributed by atoms with Crippen LogP contribution in [0.1, 0.15) is 22.8 Å². The Balaban J connectivity index is 1.48. The molecule has 1 fully saturated rings. The van der Waals surface area contributed by atoms with E-state index in [1.807, 2.05) is 48.2 Å². The van der Waals surface area contributed by atoms with Crippen LogP contribution in [0.25, 0.3) is 0 Å². The number of amides is 2. The number of ether oxygens (including phenoxy) is 1. The van der Waals surface area contributed by atoms with Crippen molar-refractivity contribution in [3.05, 3.63) is 77.9 Å². The highest BCUT2D eigenvalue weighted by Crippen LogP contribution is 2.35. The van der Waals surface area contributed by atoms with Gasteiger partial charge in [-0.1, -0.05) is 41.6 Å². The summed E-state index contributed by atoms with van der Waals surface area (Å²) in [6, 6.07) is 21.7. The van der Waals surface area contributed by atoms with Crippen LogP contribution >= 0.6 is 11.8 Å². The van der Waals surface area contributed by atoms with Crippen LogP contribution < -0.4 is 15.0 Å². The van der Waals surface area contributed by atoms with Crippen LogP contribution in [0.2, 0.25) is 0 Å². The SMILES string of the molecule is COc1ccccc1N1CCN(C(=O)c2ccc(Sc3ccc(C)cc3)c(NC(C)=O)c2)CC1. The van der Waals surface area contributed by atoms with Crippen molar-refractivity contribution in [3.8, 4) is 5.75 Å². The first-order valence-corrected chi connectivity index (χ1v) is 12.1. The molecular weight excluding hydrogens is 446 g/mol. The molecule has 0 radical (unpaired) electrons. The van der Waals surface area contributed by atoms with Crippen molar-refractivity contribution in [2.45, 2.75) is 23.6 Å². The van der Waals surface area contributed by atoms with Gasteiger partial charge in [-0.05, 0) is 49.4 Å². The molecule has 0 spiro atoms. The number of hydrogen-bond acceptors (Lipinski definition) is 5. The van der Waals surface area contributed by atoms with E-state index in [1.54, 1.807) is 24.9 Å². The molecular formula is C27H29N3O3S. The third-order valence-electron chi connectivity index (χ3n) is 5.78. The molecule has 0 saturated carbocycles. The fourth-order valence-corrected chi connectivity index (χ4v) is 4.88. The van der Waals surface area contributed by atoms with E-state index in [-0.39, 0.29) is 11.8 Å². The summed E-state index contributed by atoms with van der Waals surface area (Å²) in [4.78, 5) is 31.2. The lowest BCUT2D eigenvalue weighted by Gasteiger charge is -2.36. The molecule has 0 unspecified atom stereocenters. The Labute approximate surface area is 204 Å². The van der Waals surface area contributed by atoms with Crippen LogP contribution in [0.15, 0.2) is 76.5 Å². The average Bonchev–Trinajstić information content (AvgIpc) is 2.85. The predicted octanol–water partition coefficient (Wildman–Crippen LogP) is 5.08. The molecule has 7 heteroatoms. The number of piperazine rings is 1. The summed E-state index contributed by atoms with van der Waals surface area (Å²) in [5.74, 6) is 0.642. The number of para-hydroxylation sites is 2. The molecule has 0 aliphatic carbocycles. The predicted molar refractivity (Wildman–Crippen MR) is 137 cm³/mol. The Hall–Kier alpha value is -3.45. The highest BCUT2D eigenvalue weighted by molar-refractivity contribution is 7.99. The first-order valence-electron chi connectivity index (χ1n) is 11.3. The molecule has 1 heterocycles. The maximum absolute atomic E-state index is 13.3. The van der Waals surface area contributed by atoms with Gasteiger partial charge in [0.2, 0.25) is 5.91 Å². The van der Waals surface area contributed by atoms with Gasteiger partial charge in [0.25, 0.3) is 5.91 Å². The van der Waals surface area contributed by atoms with Gasteiger partial charge in [-0.25, -0.2) is 0 Å². The Morgan fingerprint density at radius 1 is 0.941 bits per heavy atom. The highest BCUT2D eigenvalue weighted by Gasteiger charge is 2.24. The van der Waals surface area contributed by atoms with Crippen LogP contribution in [0.3, 0.4) is 0 Å². The molecule has 34 heavy (non-hydrogen) atoms. The summed E-state index contributed by atoms with van der Waals surface area (Å²) in [5.41, 5.74) is 3.46. The Morgan fingerprint density at radius 3 is 2.32 bits per heavy atom. The summed E-state index contributed by atoms with van der Waals surface area (Å²) >= 11 is 1.56. The van der Waals surface area contributed by atoms with E-state index in [2.05, 4.69) is 34.5 Å². The summed E-state index contributed by atoms with van der Waals surface area (Å²) in [7, 11) is 1.67. The van der Waals surface area contributed by atoms with Crippen LogP contribution in [-0.4, -0.2) is 50.0 Å². The van der Waals surface area contributed by atoms with Gasteiger partial charge in [0, 0.05) is 48.5 Å². The molecule has 1 saturated heterocycles. The lowest BCUT2D eigenvalue weighted by atomic mass is 10.1. The first-order chi connectivity index (χ1) is 16.4. The average molecular weight is 476 g/mol. The fraction of sp³-hybridized carbons (Fsp3) is 0.259. The Kier molecular flexibility index (Phi) is 7.43. The zero-order chi connectivity index (χ0) is 24.1.